The molecule has 2 aromatic carbocycles. The van der Waals surface area contributed by atoms with E-state index >= 15 is 0 Å². The number of nitrogens with zero attached hydrogens (tertiary/aromatic N) is 1. The molecular formula is C16H19FN2. The van der Waals surface area contributed by atoms with E-state index in [2.05, 4.69) is 24.9 Å². The van der Waals surface area contributed by atoms with Gasteiger partial charge in [0.25, 0.3) is 0 Å². The van der Waals surface area contributed by atoms with Crippen molar-refractivity contribution in [2.75, 3.05) is 12.8 Å². The average Bonchev–Trinajstić information content (AvgIpc) is 2.39. The van der Waals surface area contributed by atoms with E-state index in [1.165, 1.54) is 17.7 Å². The second-order valence-electron chi connectivity index (χ2n) is 4.89. The van der Waals surface area contributed by atoms with E-state index in [4.69, 9.17) is 5.73 Å². The lowest BCUT2D eigenvalue weighted by molar-refractivity contribution is 0.253. The summed E-state index contributed by atoms with van der Waals surface area (Å²) in [4.78, 5) is 2.21. The molecule has 0 amide bonds. The van der Waals surface area contributed by atoms with Crippen LogP contribution in [0.25, 0.3) is 0 Å². The molecule has 19 heavy (non-hydrogen) atoms. The minimum Gasteiger partial charge on any atom is -0.399 e. The molecule has 0 saturated heterocycles. The Kier molecular flexibility index (Phi) is 4.17. The zero-order chi connectivity index (χ0) is 13.8. The Hall–Kier alpha value is -1.87. The van der Waals surface area contributed by atoms with Crippen LogP contribution in [0.1, 0.15) is 24.1 Å². The summed E-state index contributed by atoms with van der Waals surface area (Å²) in [5, 5.41) is 0. The van der Waals surface area contributed by atoms with E-state index in [1.807, 2.05) is 30.3 Å². The number of nitrogens with two attached hydrogens (primary N) is 1. The number of halogens is 1. The zero-order valence-electron chi connectivity index (χ0n) is 11.3. The molecule has 0 bridgehead atoms. The molecule has 0 spiro atoms. The largest absolute Gasteiger partial charge is 0.399 e. The highest BCUT2D eigenvalue weighted by atomic mass is 19.1. The summed E-state index contributed by atoms with van der Waals surface area (Å²) in [6, 6.07) is 14.8. The van der Waals surface area contributed by atoms with E-state index in [9.17, 15) is 4.39 Å². The lowest BCUT2D eigenvalue weighted by Gasteiger charge is -2.25. The lowest BCUT2D eigenvalue weighted by atomic mass is 10.1. The maximum Gasteiger partial charge on any atom is 0.123 e. The van der Waals surface area contributed by atoms with E-state index in [1.54, 1.807) is 0 Å². The van der Waals surface area contributed by atoms with Gasteiger partial charge < -0.3 is 5.73 Å². The first-order valence-corrected chi connectivity index (χ1v) is 6.36. The number of hydrogen-bond acceptors (Lipinski definition) is 2. The van der Waals surface area contributed by atoms with Crippen molar-refractivity contribution < 1.29 is 4.39 Å². The van der Waals surface area contributed by atoms with Gasteiger partial charge in [-0.15, -0.1) is 0 Å². The van der Waals surface area contributed by atoms with Crippen molar-refractivity contribution >= 4 is 5.69 Å². The Labute approximate surface area is 113 Å². The lowest BCUT2D eigenvalue weighted by Crippen LogP contribution is -2.21. The van der Waals surface area contributed by atoms with Gasteiger partial charge in [0.2, 0.25) is 0 Å². The van der Waals surface area contributed by atoms with E-state index in [0.29, 0.717) is 0 Å². The first kappa shape index (κ1) is 13.6. The van der Waals surface area contributed by atoms with Crippen LogP contribution in [-0.4, -0.2) is 11.9 Å². The second-order valence-corrected chi connectivity index (χ2v) is 4.89. The predicted octanol–water partition coefficient (Wildman–Crippen LogP) is 3.60. The van der Waals surface area contributed by atoms with Crippen molar-refractivity contribution in [1.82, 2.24) is 4.90 Å². The van der Waals surface area contributed by atoms with Crippen molar-refractivity contribution in [2.24, 2.45) is 0 Å². The Morgan fingerprint density at radius 1 is 1.16 bits per heavy atom. The molecule has 0 aliphatic carbocycles. The average molecular weight is 258 g/mol. The predicted molar refractivity (Wildman–Crippen MR) is 77.1 cm³/mol. The molecule has 0 aliphatic rings. The monoisotopic (exact) mass is 258 g/mol. The summed E-state index contributed by atoms with van der Waals surface area (Å²) in [5.74, 6) is -0.200. The number of rotatable bonds is 4. The molecule has 100 valence electrons. The maximum absolute atomic E-state index is 12.9. The van der Waals surface area contributed by atoms with Crippen LogP contribution < -0.4 is 5.73 Å². The Bertz CT molecular complexity index is 537. The molecule has 0 saturated carbocycles. The van der Waals surface area contributed by atoms with Gasteiger partial charge in [-0.05, 0) is 49.4 Å². The van der Waals surface area contributed by atoms with Gasteiger partial charge in [-0.3, -0.25) is 4.90 Å². The third-order valence-corrected chi connectivity index (χ3v) is 3.40. The van der Waals surface area contributed by atoms with Crippen LogP contribution in [0.5, 0.6) is 0 Å². The van der Waals surface area contributed by atoms with E-state index in [0.717, 1.165) is 17.8 Å². The third-order valence-electron chi connectivity index (χ3n) is 3.40. The zero-order valence-corrected chi connectivity index (χ0v) is 11.3. The summed E-state index contributed by atoms with van der Waals surface area (Å²) in [5.41, 5.74) is 8.84. The van der Waals surface area contributed by atoms with Gasteiger partial charge in [-0.1, -0.05) is 24.3 Å². The normalized spacial score (nSPS) is 12.6. The number of anilines is 1. The number of nitrogen functional groups attached to an aromatic ring is 1. The highest BCUT2D eigenvalue weighted by Gasteiger charge is 2.12. The Morgan fingerprint density at radius 3 is 2.47 bits per heavy atom. The summed E-state index contributed by atoms with van der Waals surface area (Å²) in [6.07, 6.45) is 0. The molecule has 0 heterocycles. The summed E-state index contributed by atoms with van der Waals surface area (Å²) < 4.78 is 12.9. The minimum atomic E-state index is -0.200. The molecule has 0 aliphatic heterocycles. The standard InChI is InChI=1S/C16H19FN2/c1-12(14-6-8-15(17)9-7-14)19(2)11-13-4-3-5-16(18)10-13/h3-10,12H,11,18H2,1-2H3. The molecule has 1 atom stereocenters. The smallest absolute Gasteiger partial charge is 0.123 e. The van der Waals surface area contributed by atoms with Crippen molar-refractivity contribution in [1.29, 1.82) is 0 Å². The number of hydrogen-bond donors (Lipinski definition) is 1. The molecule has 0 radical (unpaired) electrons. The van der Waals surface area contributed by atoms with Gasteiger partial charge in [-0.25, -0.2) is 4.39 Å². The quantitative estimate of drug-likeness (QED) is 0.849. The highest BCUT2D eigenvalue weighted by molar-refractivity contribution is 5.40. The van der Waals surface area contributed by atoms with Crippen LogP contribution in [0.2, 0.25) is 0 Å². The van der Waals surface area contributed by atoms with Gasteiger partial charge in [-0.2, -0.15) is 0 Å². The van der Waals surface area contributed by atoms with E-state index in [-0.39, 0.29) is 11.9 Å². The fourth-order valence-corrected chi connectivity index (χ4v) is 2.11. The van der Waals surface area contributed by atoms with Crippen LogP contribution >= 0.6 is 0 Å². The Balaban J connectivity index is 2.07. The summed E-state index contributed by atoms with van der Waals surface area (Å²) in [6.45, 7) is 2.92. The molecule has 2 aromatic rings. The van der Waals surface area contributed by atoms with Crippen molar-refractivity contribution in [3.63, 3.8) is 0 Å². The minimum absolute atomic E-state index is 0.200. The highest BCUT2D eigenvalue weighted by Crippen LogP contribution is 2.21. The van der Waals surface area contributed by atoms with Crippen LogP contribution in [-0.2, 0) is 6.54 Å². The maximum atomic E-state index is 12.9. The van der Waals surface area contributed by atoms with Gasteiger partial charge in [0, 0.05) is 18.3 Å². The first-order valence-electron chi connectivity index (χ1n) is 6.36. The summed E-state index contributed by atoms with van der Waals surface area (Å²) >= 11 is 0. The van der Waals surface area contributed by atoms with Crippen molar-refractivity contribution in [3.05, 3.63) is 65.5 Å². The fourth-order valence-electron chi connectivity index (χ4n) is 2.11. The number of benzene rings is 2. The summed E-state index contributed by atoms with van der Waals surface area (Å²) in [7, 11) is 2.05. The topological polar surface area (TPSA) is 29.3 Å². The molecule has 2 N–H and O–H groups in total. The fraction of sp³-hybridized carbons (Fsp3) is 0.250. The molecule has 0 fully saturated rings. The molecule has 2 nitrogen and oxygen atoms in total. The van der Waals surface area contributed by atoms with Crippen LogP contribution in [0.3, 0.4) is 0 Å². The van der Waals surface area contributed by atoms with Crippen LogP contribution in [0.15, 0.2) is 48.5 Å². The Morgan fingerprint density at radius 2 is 1.84 bits per heavy atom. The van der Waals surface area contributed by atoms with Crippen molar-refractivity contribution in [2.45, 2.75) is 19.5 Å². The van der Waals surface area contributed by atoms with Crippen LogP contribution in [0, 0.1) is 5.82 Å². The SMILES string of the molecule is CC(c1ccc(F)cc1)N(C)Cc1cccc(N)c1. The van der Waals surface area contributed by atoms with E-state index < -0.39 is 0 Å². The molecule has 1 unspecified atom stereocenters. The molecule has 3 heteroatoms. The molecule has 0 aromatic heterocycles. The third kappa shape index (κ3) is 3.55. The van der Waals surface area contributed by atoms with Crippen LogP contribution in [0.4, 0.5) is 10.1 Å². The molecule has 2 rings (SSSR count). The van der Waals surface area contributed by atoms with Gasteiger partial charge >= 0.3 is 0 Å². The molecular weight excluding hydrogens is 239 g/mol. The van der Waals surface area contributed by atoms with Gasteiger partial charge in [0.1, 0.15) is 5.82 Å². The van der Waals surface area contributed by atoms with Gasteiger partial charge in [0.05, 0.1) is 0 Å². The first-order chi connectivity index (χ1) is 9.06. The van der Waals surface area contributed by atoms with Gasteiger partial charge in [0.15, 0.2) is 0 Å². The van der Waals surface area contributed by atoms with Crippen molar-refractivity contribution in [3.8, 4) is 0 Å². The second kappa shape index (κ2) is 5.85.